The fourth-order valence-electron chi connectivity index (χ4n) is 2.33. The summed E-state index contributed by atoms with van der Waals surface area (Å²) < 4.78 is 2.23. The molecule has 1 aromatic carbocycles. The van der Waals surface area contributed by atoms with Crippen LogP contribution < -0.4 is 5.32 Å². The number of nitrogens with one attached hydrogen (secondary N) is 1. The Morgan fingerprint density at radius 2 is 2.17 bits per heavy atom. The van der Waals surface area contributed by atoms with Crippen molar-refractivity contribution in [2.45, 2.75) is 38.4 Å². The molecule has 0 amide bonds. The third-order valence-corrected chi connectivity index (χ3v) is 3.57. The zero-order valence-corrected chi connectivity index (χ0v) is 10.6. The summed E-state index contributed by atoms with van der Waals surface area (Å²) in [5.74, 6) is 0. The van der Waals surface area contributed by atoms with Gasteiger partial charge >= 0.3 is 0 Å². The van der Waals surface area contributed by atoms with Crippen LogP contribution >= 0.6 is 0 Å². The standard InChI is InChI=1S/C15H20N2O/c18-9-1-7-17-8-6-13-3-2-12(10-15(13)17)11-16-14-4-5-14/h2-3,6,8,10,14,16,18H,1,4-5,7,9,11H2. The molecule has 0 saturated heterocycles. The highest BCUT2D eigenvalue weighted by Gasteiger charge is 2.19. The number of aliphatic hydroxyl groups excluding tert-OH is 1. The summed E-state index contributed by atoms with van der Waals surface area (Å²) >= 11 is 0. The summed E-state index contributed by atoms with van der Waals surface area (Å²) in [5.41, 5.74) is 2.62. The number of nitrogens with zero attached hydrogens (tertiary/aromatic N) is 1. The van der Waals surface area contributed by atoms with Gasteiger partial charge in [0.15, 0.2) is 0 Å². The summed E-state index contributed by atoms with van der Waals surface area (Å²) in [4.78, 5) is 0. The lowest BCUT2D eigenvalue weighted by molar-refractivity contribution is 0.280. The Kier molecular flexibility index (Phi) is 3.35. The van der Waals surface area contributed by atoms with E-state index in [2.05, 4.69) is 40.3 Å². The maximum absolute atomic E-state index is 8.92. The molecule has 0 spiro atoms. The Bertz CT molecular complexity index is 528. The van der Waals surface area contributed by atoms with E-state index in [1.54, 1.807) is 0 Å². The van der Waals surface area contributed by atoms with Gasteiger partial charge < -0.3 is 15.0 Å². The lowest BCUT2D eigenvalue weighted by Crippen LogP contribution is -2.15. The molecule has 0 unspecified atom stereocenters. The van der Waals surface area contributed by atoms with Crippen molar-refractivity contribution >= 4 is 10.9 Å². The van der Waals surface area contributed by atoms with Gasteiger partial charge in [-0.2, -0.15) is 0 Å². The molecule has 1 heterocycles. The van der Waals surface area contributed by atoms with E-state index in [0.717, 1.165) is 25.6 Å². The molecule has 96 valence electrons. The average Bonchev–Trinajstić information content (AvgIpc) is 3.14. The highest BCUT2D eigenvalue weighted by atomic mass is 16.3. The minimum Gasteiger partial charge on any atom is -0.396 e. The Labute approximate surface area is 107 Å². The number of rotatable bonds is 6. The molecule has 0 atom stereocenters. The Balaban J connectivity index is 1.78. The van der Waals surface area contributed by atoms with Crippen LogP contribution in [0.25, 0.3) is 10.9 Å². The van der Waals surface area contributed by atoms with Gasteiger partial charge in [-0.1, -0.05) is 12.1 Å². The van der Waals surface area contributed by atoms with Crippen molar-refractivity contribution in [2.75, 3.05) is 6.61 Å². The molecule has 0 radical (unpaired) electrons. The lowest BCUT2D eigenvalue weighted by atomic mass is 10.1. The van der Waals surface area contributed by atoms with E-state index >= 15 is 0 Å². The van der Waals surface area contributed by atoms with Crippen molar-refractivity contribution in [1.29, 1.82) is 0 Å². The van der Waals surface area contributed by atoms with Crippen LogP contribution in [0, 0.1) is 0 Å². The average molecular weight is 244 g/mol. The second kappa shape index (κ2) is 5.12. The van der Waals surface area contributed by atoms with Crippen LogP contribution in [0.4, 0.5) is 0 Å². The van der Waals surface area contributed by atoms with E-state index in [0.29, 0.717) is 0 Å². The van der Waals surface area contributed by atoms with Gasteiger partial charge in [0.2, 0.25) is 0 Å². The molecule has 3 nitrogen and oxygen atoms in total. The summed E-state index contributed by atoms with van der Waals surface area (Å²) in [6, 6.07) is 9.55. The number of aryl methyl sites for hydroxylation is 1. The highest BCUT2D eigenvalue weighted by molar-refractivity contribution is 5.80. The smallest absolute Gasteiger partial charge is 0.0483 e. The van der Waals surface area contributed by atoms with Crippen molar-refractivity contribution in [3.63, 3.8) is 0 Å². The van der Waals surface area contributed by atoms with E-state index in [1.165, 1.54) is 29.3 Å². The van der Waals surface area contributed by atoms with Gasteiger partial charge in [0, 0.05) is 37.5 Å². The minimum absolute atomic E-state index is 0.253. The minimum atomic E-state index is 0.253. The second-order valence-corrected chi connectivity index (χ2v) is 5.13. The van der Waals surface area contributed by atoms with Crippen molar-refractivity contribution < 1.29 is 5.11 Å². The SMILES string of the molecule is OCCCn1ccc2ccc(CNC3CC3)cc21. The molecular weight excluding hydrogens is 224 g/mol. The summed E-state index contributed by atoms with van der Waals surface area (Å²) in [6.07, 6.45) is 5.58. The molecule has 1 saturated carbocycles. The molecule has 2 aromatic rings. The maximum Gasteiger partial charge on any atom is 0.0483 e. The van der Waals surface area contributed by atoms with Crippen LogP contribution in [0.5, 0.6) is 0 Å². The number of aromatic nitrogens is 1. The molecule has 18 heavy (non-hydrogen) atoms. The number of hydrogen-bond acceptors (Lipinski definition) is 2. The topological polar surface area (TPSA) is 37.2 Å². The molecule has 1 aromatic heterocycles. The third kappa shape index (κ3) is 2.57. The van der Waals surface area contributed by atoms with Crippen LogP contribution in [-0.2, 0) is 13.1 Å². The van der Waals surface area contributed by atoms with Crippen molar-refractivity contribution in [1.82, 2.24) is 9.88 Å². The van der Waals surface area contributed by atoms with E-state index in [9.17, 15) is 0 Å². The molecule has 3 heteroatoms. The molecule has 1 fully saturated rings. The Morgan fingerprint density at radius 3 is 2.94 bits per heavy atom. The van der Waals surface area contributed by atoms with Gasteiger partial charge in [0.05, 0.1) is 0 Å². The van der Waals surface area contributed by atoms with E-state index < -0.39 is 0 Å². The predicted molar refractivity (Wildman–Crippen MR) is 73.5 cm³/mol. The van der Waals surface area contributed by atoms with Crippen LogP contribution in [0.2, 0.25) is 0 Å². The Morgan fingerprint density at radius 1 is 1.28 bits per heavy atom. The van der Waals surface area contributed by atoms with Gasteiger partial charge in [-0.15, -0.1) is 0 Å². The van der Waals surface area contributed by atoms with E-state index in [4.69, 9.17) is 5.11 Å². The van der Waals surface area contributed by atoms with Crippen LogP contribution in [0.3, 0.4) is 0 Å². The molecule has 0 bridgehead atoms. The molecule has 1 aliphatic rings. The number of aliphatic hydroxyl groups is 1. The summed E-state index contributed by atoms with van der Waals surface area (Å²) in [5, 5.41) is 13.7. The number of fused-ring (bicyclic) bond motifs is 1. The first-order valence-corrected chi connectivity index (χ1v) is 6.79. The molecule has 3 rings (SSSR count). The molecule has 0 aliphatic heterocycles. The van der Waals surface area contributed by atoms with E-state index in [-0.39, 0.29) is 6.61 Å². The lowest BCUT2D eigenvalue weighted by Gasteiger charge is -2.07. The monoisotopic (exact) mass is 244 g/mol. The van der Waals surface area contributed by atoms with E-state index in [1.807, 2.05) is 0 Å². The zero-order chi connectivity index (χ0) is 12.4. The van der Waals surface area contributed by atoms with Gasteiger partial charge in [0.25, 0.3) is 0 Å². The van der Waals surface area contributed by atoms with Gasteiger partial charge in [-0.25, -0.2) is 0 Å². The normalized spacial score (nSPS) is 15.4. The van der Waals surface area contributed by atoms with Crippen LogP contribution in [0.15, 0.2) is 30.5 Å². The van der Waals surface area contributed by atoms with Crippen molar-refractivity contribution in [3.8, 4) is 0 Å². The molecule has 1 aliphatic carbocycles. The fourth-order valence-corrected chi connectivity index (χ4v) is 2.33. The Hall–Kier alpha value is -1.32. The van der Waals surface area contributed by atoms with Crippen molar-refractivity contribution in [3.05, 3.63) is 36.0 Å². The van der Waals surface area contributed by atoms with Crippen LogP contribution in [-0.4, -0.2) is 22.3 Å². The largest absolute Gasteiger partial charge is 0.396 e. The molecular formula is C15H20N2O. The predicted octanol–water partition coefficient (Wildman–Crippen LogP) is 2.28. The summed E-state index contributed by atoms with van der Waals surface area (Å²) in [7, 11) is 0. The number of hydrogen-bond donors (Lipinski definition) is 2. The first-order valence-electron chi connectivity index (χ1n) is 6.79. The maximum atomic E-state index is 8.92. The highest BCUT2D eigenvalue weighted by Crippen LogP contribution is 2.21. The fraction of sp³-hybridized carbons (Fsp3) is 0.467. The summed E-state index contributed by atoms with van der Waals surface area (Å²) in [6.45, 7) is 2.11. The first-order chi connectivity index (χ1) is 8.86. The zero-order valence-electron chi connectivity index (χ0n) is 10.6. The van der Waals surface area contributed by atoms with Gasteiger partial charge in [-0.3, -0.25) is 0 Å². The van der Waals surface area contributed by atoms with Crippen molar-refractivity contribution in [2.24, 2.45) is 0 Å². The third-order valence-electron chi connectivity index (χ3n) is 3.57. The quantitative estimate of drug-likeness (QED) is 0.818. The molecule has 2 N–H and O–H groups in total. The first kappa shape index (κ1) is 11.8. The van der Waals surface area contributed by atoms with Crippen LogP contribution in [0.1, 0.15) is 24.8 Å². The van der Waals surface area contributed by atoms with Gasteiger partial charge in [-0.05, 0) is 42.3 Å². The second-order valence-electron chi connectivity index (χ2n) is 5.13. The number of benzene rings is 1. The van der Waals surface area contributed by atoms with Gasteiger partial charge in [0.1, 0.15) is 0 Å².